The van der Waals surface area contributed by atoms with Crippen molar-refractivity contribution in [2.24, 2.45) is 0 Å². The lowest BCUT2D eigenvalue weighted by molar-refractivity contribution is -0.146. The third-order valence-corrected chi connectivity index (χ3v) is 5.44. The second-order valence-electron chi connectivity index (χ2n) is 7.80. The van der Waals surface area contributed by atoms with E-state index in [0.717, 1.165) is 11.1 Å². The Morgan fingerprint density at radius 1 is 0.824 bits per heavy atom. The van der Waals surface area contributed by atoms with Gasteiger partial charge in [0.25, 0.3) is 11.5 Å². The number of hydrogen-bond acceptors (Lipinski definition) is 5. The Labute approximate surface area is 195 Å². The molecule has 0 radical (unpaired) electrons. The van der Waals surface area contributed by atoms with Crippen LogP contribution >= 0.6 is 0 Å². The van der Waals surface area contributed by atoms with Crippen LogP contribution in [0.5, 0.6) is 0 Å². The zero-order valence-corrected chi connectivity index (χ0v) is 18.6. The van der Waals surface area contributed by atoms with Crippen molar-refractivity contribution in [3.05, 3.63) is 116 Å². The molecule has 3 aromatic carbocycles. The molecule has 0 saturated heterocycles. The molecule has 0 saturated carbocycles. The van der Waals surface area contributed by atoms with E-state index >= 15 is 0 Å². The number of nitrogens with one attached hydrogen (secondary N) is 1. The fraction of sp³-hybridized carbons (Fsp3) is 0.154. The van der Waals surface area contributed by atoms with Crippen LogP contribution in [0.4, 0.5) is 0 Å². The van der Waals surface area contributed by atoms with Crippen LogP contribution in [-0.2, 0) is 29.1 Å². The molecule has 0 bridgehead atoms. The molecule has 8 nitrogen and oxygen atoms in total. The van der Waals surface area contributed by atoms with Crippen LogP contribution in [0.15, 0.2) is 88.5 Å². The van der Waals surface area contributed by atoms with Crippen molar-refractivity contribution in [3.8, 4) is 0 Å². The smallest absolute Gasteiger partial charge is 0.331 e. The van der Waals surface area contributed by atoms with E-state index in [0.29, 0.717) is 22.9 Å². The van der Waals surface area contributed by atoms with Crippen LogP contribution < -0.4 is 16.7 Å². The lowest BCUT2D eigenvalue weighted by atomic mass is 10.1. The minimum absolute atomic E-state index is 0.219. The molecule has 1 heterocycles. The summed E-state index contributed by atoms with van der Waals surface area (Å²) in [6.07, 6.45) is 0.556. The van der Waals surface area contributed by atoms with E-state index in [-0.39, 0.29) is 18.6 Å². The fourth-order valence-corrected chi connectivity index (χ4v) is 3.73. The zero-order valence-electron chi connectivity index (χ0n) is 18.6. The molecular weight excluding hydrogens is 434 g/mol. The molecule has 0 fully saturated rings. The van der Waals surface area contributed by atoms with Gasteiger partial charge >= 0.3 is 11.7 Å². The predicted molar refractivity (Wildman–Crippen MR) is 127 cm³/mol. The fourth-order valence-electron chi connectivity index (χ4n) is 3.73. The van der Waals surface area contributed by atoms with E-state index in [4.69, 9.17) is 0 Å². The average Bonchev–Trinajstić information content (AvgIpc) is 2.86. The Morgan fingerprint density at radius 3 is 2.21 bits per heavy atom. The Bertz CT molecular complexity index is 1450. The molecule has 172 valence electrons. The molecule has 1 amide bonds. The Morgan fingerprint density at radius 2 is 1.50 bits per heavy atom. The van der Waals surface area contributed by atoms with Gasteiger partial charge in [0.1, 0.15) is 0 Å². The third kappa shape index (κ3) is 4.96. The molecule has 0 atom stereocenters. The SMILES string of the molecule is CC(=O)ONC(=O)c1ccc(Cn2c(=O)n(CCc3ccccc3)c(=O)c3ccccc32)cc1. The lowest BCUT2D eigenvalue weighted by Gasteiger charge is -2.14. The summed E-state index contributed by atoms with van der Waals surface area (Å²) in [4.78, 5) is 53.8. The summed E-state index contributed by atoms with van der Waals surface area (Å²) >= 11 is 0. The molecule has 0 spiro atoms. The van der Waals surface area contributed by atoms with E-state index in [1.54, 1.807) is 53.1 Å². The van der Waals surface area contributed by atoms with Gasteiger partial charge in [-0.15, -0.1) is 0 Å². The number of fused-ring (bicyclic) bond motifs is 1. The van der Waals surface area contributed by atoms with Crippen LogP contribution in [0.25, 0.3) is 10.9 Å². The number of aromatic nitrogens is 2. The van der Waals surface area contributed by atoms with Crippen LogP contribution in [-0.4, -0.2) is 21.0 Å². The second-order valence-corrected chi connectivity index (χ2v) is 7.80. The number of para-hydroxylation sites is 1. The van der Waals surface area contributed by atoms with E-state index in [2.05, 4.69) is 10.3 Å². The Hall–Kier alpha value is -4.46. The largest absolute Gasteiger partial charge is 0.341 e. The Balaban J connectivity index is 1.65. The molecule has 0 unspecified atom stereocenters. The van der Waals surface area contributed by atoms with Gasteiger partial charge in [-0.3, -0.25) is 23.5 Å². The van der Waals surface area contributed by atoms with Crippen molar-refractivity contribution in [1.82, 2.24) is 14.6 Å². The average molecular weight is 457 g/mol. The normalized spacial score (nSPS) is 10.7. The van der Waals surface area contributed by atoms with Crippen molar-refractivity contribution >= 4 is 22.8 Å². The van der Waals surface area contributed by atoms with Crippen molar-refractivity contribution in [2.75, 3.05) is 0 Å². The maximum Gasteiger partial charge on any atom is 0.331 e. The summed E-state index contributed by atoms with van der Waals surface area (Å²) in [6.45, 7) is 1.67. The number of carbonyl (C=O) groups excluding carboxylic acids is 2. The summed E-state index contributed by atoms with van der Waals surface area (Å²) in [5, 5.41) is 0.465. The molecule has 34 heavy (non-hydrogen) atoms. The van der Waals surface area contributed by atoms with Gasteiger partial charge in [0, 0.05) is 19.0 Å². The summed E-state index contributed by atoms with van der Waals surface area (Å²) in [6, 6.07) is 23.3. The zero-order chi connectivity index (χ0) is 24.1. The number of carbonyl (C=O) groups is 2. The van der Waals surface area contributed by atoms with Gasteiger partial charge in [0.2, 0.25) is 0 Å². The second kappa shape index (κ2) is 9.99. The minimum atomic E-state index is -0.626. The summed E-state index contributed by atoms with van der Waals surface area (Å²) < 4.78 is 2.84. The molecular formula is C26H23N3O5. The number of hydroxylamine groups is 1. The number of hydrogen-bond donors (Lipinski definition) is 1. The maximum absolute atomic E-state index is 13.4. The van der Waals surface area contributed by atoms with Gasteiger partial charge in [-0.05, 0) is 41.8 Å². The minimum Gasteiger partial charge on any atom is -0.341 e. The van der Waals surface area contributed by atoms with Crippen molar-refractivity contribution in [2.45, 2.75) is 26.4 Å². The van der Waals surface area contributed by atoms with Crippen LogP contribution in [0.3, 0.4) is 0 Å². The monoisotopic (exact) mass is 457 g/mol. The molecule has 1 aromatic heterocycles. The van der Waals surface area contributed by atoms with E-state index in [1.165, 1.54) is 11.5 Å². The van der Waals surface area contributed by atoms with Crippen LogP contribution in [0.2, 0.25) is 0 Å². The predicted octanol–water partition coefficient (Wildman–Crippen LogP) is 2.66. The van der Waals surface area contributed by atoms with Gasteiger partial charge in [0.15, 0.2) is 0 Å². The molecule has 4 aromatic rings. The van der Waals surface area contributed by atoms with Gasteiger partial charge in [0.05, 0.1) is 17.4 Å². The van der Waals surface area contributed by atoms with Crippen molar-refractivity contribution < 1.29 is 14.4 Å². The van der Waals surface area contributed by atoms with Crippen molar-refractivity contribution in [3.63, 3.8) is 0 Å². The number of benzene rings is 3. The van der Waals surface area contributed by atoms with Crippen molar-refractivity contribution in [1.29, 1.82) is 0 Å². The van der Waals surface area contributed by atoms with Gasteiger partial charge in [-0.25, -0.2) is 4.79 Å². The molecule has 0 aliphatic rings. The first kappa shape index (κ1) is 22.7. The number of aryl methyl sites for hydroxylation is 1. The quantitative estimate of drug-likeness (QED) is 0.449. The summed E-state index contributed by atoms with van der Waals surface area (Å²) in [5.74, 6) is -1.18. The molecule has 0 aliphatic carbocycles. The standard InChI is InChI=1S/C26H23N3O5/c1-18(30)34-27-24(31)21-13-11-20(12-14-21)17-29-23-10-6-5-9-22(23)25(32)28(26(29)33)16-15-19-7-3-2-4-8-19/h2-14H,15-17H2,1H3,(H,27,31). The first-order valence-electron chi connectivity index (χ1n) is 10.8. The molecule has 4 rings (SSSR count). The molecule has 8 heteroatoms. The highest BCUT2D eigenvalue weighted by molar-refractivity contribution is 5.94. The lowest BCUT2D eigenvalue weighted by Crippen LogP contribution is -2.40. The molecule has 0 aliphatic heterocycles. The number of nitrogens with zero attached hydrogens (tertiary/aromatic N) is 2. The topological polar surface area (TPSA) is 99.4 Å². The van der Waals surface area contributed by atoms with E-state index < -0.39 is 17.6 Å². The summed E-state index contributed by atoms with van der Waals surface area (Å²) in [5.41, 5.74) is 4.01. The highest BCUT2D eigenvalue weighted by Crippen LogP contribution is 2.12. The van der Waals surface area contributed by atoms with E-state index in [1.807, 2.05) is 30.3 Å². The first-order chi connectivity index (χ1) is 16.4. The Kier molecular flexibility index (Phi) is 6.68. The highest BCUT2D eigenvalue weighted by Gasteiger charge is 2.14. The van der Waals surface area contributed by atoms with Crippen LogP contribution in [0.1, 0.15) is 28.4 Å². The van der Waals surface area contributed by atoms with Gasteiger partial charge in [-0.1, -0.05) is 54.6 Å². The number of rotatable bonds is 6. The van der Waals surface area contributed by atoms with Gasteiger partial charge in [-0.2, -0.15) is 5.48 Å². The van der Waals surface area contributed by atoms with Gasteiger partial charge < -0.3 is 4.84 Å². The first-order valence-corrected chi connectivity index (χ1v) is 10.8. The number of amides is 1. The van der Waals surface area contributed by atoms with E-state index in [9.17, 15) is 19.2 Å². The summed E-state index contributed by atoms with van der Waals surface area (Å²) in [7, 11) is 0. The molecule has 1 N–H and O–H groups in total. The highest BCUT2D eigenvalue weighted by atomic mass is 16.7. The third-order valence-electron chi connectivity index (χ3n) is 5.44. The maximum atomic E-state index is 13.4. The van der Waals surface area contributed by atoms with Crippen LogP contribution in [0, 0.1) is 0 Å².